The summed E-state index contributed by atoms with van der Waals surface area (Å²) in [5, 5.41) is 42.2. The molecule has 8 aromatic heterocycles. The van der Waals surface area contributed by atoms with E-state index in [4.69, 9.17) is 9.72 Å². The van der Waals surface area contributed by atoms with E-state index in [9.17, 15) is 74.5 Å². The van der Waals surface area contributed by atoms with Gasteiger partial charge in [-0.1, -0.05) is 55.4 Å². The van der Waals surface area contributed by atoms with Crippen molar-refractivity contribution in [3.05, 3.63) is 114 Å². The third-order valence-electron chi connectivity index (χ3n) is 26.8. The van der Waals surface area contributed by atoms with Crippen LogP contribution in [0.2, 0.25) is 0 Å². The van der Waals surface area contributed by atoms with E-state index in [1.54, 1.807) is 74.1 Å². The fourth-order valence-electron chi connectivity index (χ4n) is 17.4. The third-order valence-corrected chi connectivity index (χ3v) is 32.9. The number of ether oxygens (including phenoxy) is 1. The van der Waals surface area contributed by atoms with Crippen LogP contribution in [0.15, 0.2) is 49.1 Å². The summed E-state index contributed by atoms with van der Waals surface area (Å²) in [6, 6.07) is 6.38. The molecular formula is C102H142F4N20O13S5. The molecule has 9 N–H and O–H groups in total. The second-order valence-corrected chi connectivity index (χ2v) is 49.3. The number of halogens is 4. The van der Waals surface area contributed by atoms with Gasteiger partial charge in [0, 0.05) is 129 Å². The maximum Gasteiger partial charge on any atom is 0.282 e. The highest BCUT2D eigenvalue weighted by atomic mass is 32.2. The van der Waals surface area contributed by atoms with Crippen LogP contribution in [0.25, 0.3) is 41.8 Å². The van der Waals surface area contributed by atoms with Crippen molar-refractivity contribution in [2.45, 2.75) is 307 Å². The first-order valence-electron chi connectivity index (χ1n) is 49.6. The minimum atomic E-state index is -3.15. The second kappa shape index (κ2) is 46.0. The lowest BCUT2D eigenvalue weighted by Crippen LogP contribution is -2.52. The predicted molar refractivity (Wildman–Crippen MR) is 557 cm³/mol. The van der Waals surface area contributed by atoms with Crippen LogP contribution in [-0.4, -0.2) is 285 Å². The Kier molecular flexibility index (Phi) is 35.9. The van der Waals surface area contributed by atoms with Gasteiger partial charge in [0.25, 0.3) is 59.1 Å². The Morgan fingerprint density at radius 3 is 1.19 bits per heavy atom. The molecule has 1 unspecified atom stereocenters. The summed E-state index contributed by atoms with van der Waals surface area (Å²) in [7, 11) is -1.49. The number of nitrogens with one attached hydrogen (secondary N) is 7. The Labute approximate surface area is 858 Å². The number of likely N-dealkylation sites (N-methyl/N-ethyl adjacent to an activating group) is 1. The van der Waals surface area contributed by atoms with Crippen molar-refractivity contribution in [1.82, 2.24) is 80.3 Å². The van der Waals surface area contributed by atoms with E-state index in [0.29, 0.717) is 104 Å². The van der Waals surface area contributed by atoms with Crippen LogP contribution in [-0.2, 0) is 14.6 Å². The van der Waals surface area contributed by atoms with Crippen LogP contribution in [0.3, 0.4) is 0 Å². The Hall–Kier alpha value is -10.4. The molecule has 6 aliphatic heterocycles. The normalized spacial score (nSPS) is 19.5. The molecular weight excluding hydrogens is 1950 g/mol. The van der Waals surface area contributed by atoms with E-state index in [1.807, 2.05) is 68.0 Å². The number of hydrogen-bond donors (Lipinski definition) is 9. The van der Waals surface area contributed by atoms with Gasteiger partial charge in [-0.25, -0.2) is 65.9 Å². The number of pyridine rings is 4. The van der Waals surface area contributed by atoms with E-state index in [2.05, 4.69) is 148 Å². The molecule has 1 saturated carbocycles. The van der Waals surface area contributed by atoms with Crippen LogP contribution in [0, 0.1) is 44.4 Å². The molecule has 7 fully saturated rings. The summed E-state index contributed by atoms with van der Waals surface area (Å²) in [4.78, 5) is 152. The zero-order valence-corrected chi connectivity index (χ0v) is 91.0. The van der Waals surface area contributed by atoms with Gasteiger partial charge in [0.05, 0.1) is 93.2 Å². The predicted octanol–water partition coefficient (Wildman–Crippen LogP) is 16.9. The molecule has 0 spiro atoms. The lowest BCUT2D eigenvalue weighted by molar-refractivity contribution is -0.00347. The van der Waals surface area contributed by atoms with Crippen LogP contribution in [0.5, 0.6) is 0 Å². The highest BCUT2D eigenvalue weighted by Gasteiger charge is 2.49. The number of piperidine rings is 2. The van der Waals surface area contributed by atoms with Crippen molar-refractivity contribution < 1.29 is 79.3 Å². The van der Waals surface area contributed by atoms with E-state index in [0.717, 1.165) is 141 Å². The van der Waals surface area contributed by atoms with Crippen molar-refractivity contribution in [2.24, 2.45) is 16.7 Å². The molecule has 144 heavy (non-hydrogen) atoms. The largest absolute Gasteiger partial charge is 0.394 e. The Bertz CT molecular complexity index is 6110. The van der Waals surface area contributed by atoms with E-state index in [-0.39, 0.29) is 97.1 Å². The number of sulfone groups is 1. The number of thiazole rings is 4. The topological polar surface area (TPSA) is 424 Å². The first-order valence-corrected chi connectivity index (χ1v) is 54.7. The molecule has 42 heteroatoms. The molecule has 1 aliphatic carbocycles. The molecule has 15 rings (SSSR count). The number of nitrogens with zero attached hydrogens (tertiary/aromatic N) is 13. The highest BCUT2D eigenvalue weighted by molar-refractivity contribution is 7.92. The van der Waals surface area contributed by atoms with Crippen molar-refractivity contribution in [1.29, 1.82) is 0 Å². The fraction of sp³-hybridized carbons (Fsp3) is 0.608. The number of alkyl halides is 4. The first kappa shape index (κ1) is 112. The lowest BCUT2D eigenvalue weighted by atomic mass is 9.97. The Morgan fingerprint density at radius 1 is 0.507 bits per heavy atom. The minimum absolute atomic E-state index is 0.00261. The number of rotatable bonds is 29. The standard InChI is InChI=1S/C27H41N5O3S.C26H35N5O3S.C25H35F2N5O3S.C24H31F2N5O4S2/c1-9-17(3)29-21-14-16(2)20(15-28-21)23-22(25(33)32-13-11-10-12-18(32)4)30-24(36-23)26(34)31(8)19(5)27(6,7)35;1-4-20(17-8-9-17)29-21-11-15(2)19(12-27-21)23-22(26(33)31-10-6-5-7-16(31)3)30-25(35-23)24(32)28-18-13-34-14-18;1-14-8-17(29-11-23(3,4)5)28-10-16(14)19-18(22(35)32-12-25(26,27)9-15(32)2)30-21(36-19)20(34)31-24(6,7)13-33;1-13-6-17(28-11-23(3,4)5)27-8-16(13)19-18(22(33)31-12-24(25,26)7-14(31)2)30-21(36-19)20(32)29-15-9-37(34,35)10-15/h14-15,17-19,35H,9-13H2,1-8H3,(H,28,29);11-12,16-18,20H,4-10,13-14H2,1-3H3,(H,27,29)(H,28,32);8,10,15,33H,9,11-13H2,1-7H3,(H,28,29)(H,31,34);6,8,14-15H,7,9-12H2,1-5H3,(H,27,28)(H,29,32)/t17-,18+,19?;16-,20-;15-;14-/m1000/s1. The summed E-state index contributed by atoms with van der Waals surface area (Å²) in [5.74, 6) is -5.94. The third kappa shape index (κ3) is 28.5. The number of carbonyl (C=O) groups excluding carboxylic acids is 8. The highest BCUT2D eigenvalue weighted by Crippen LogP contribution is 2.45. The molecule has 8 amide bonds. The molecule has 33 nitrogen and oxygen atoms in total. The number of likely N-dealkylation sites (tertiary alicyclic amines) is 4. The minimum Gasteiger partial charge on any atom is -0.394 e. The number of aliphatic hydroxyl groups is 2. The van der Waals surface area contributed by atoms with Gasteiger partial charge in [0.15, 0.2) is 29.9 Å². The molecule has 0 aromatic carbocycles. The van der Waals surface area contributed by atoms with Gasteiger partial charge in [0.2, 0.25) is 0 Å². The average molecular weight is 2090 g/mol. The summed E-state index contributed by atoms with van der Waals surface area (Å²) in [6.07, 6.45) is 16.6. The maximum absolute atomic E-state index is 14.1. The number of anilines is 4. The maximum atomic E-state index is 14.1. The summed E-state index contributed by atoms with van der Waals surface area (Å²) in [5.41, 5.74) is 4.92. The van der Waals surface area contributed by atoms with Gasteiger partial charge in [0.1, 0.15) is 46.0 Å². The Morgan fingerprint density at radius 2 is 0.868 bits per heavy atom. The van der Waals surface area contributed by atoms with Gasteiger partial charge >= 0.3 is 0 Å². The molecule has 786 valence electrons. The molecule has 8 aromatic rings. The fourth-order valence-corrected chi connectivity index (χ4v) is 22.9. The molecule has 6 saturated heterocycles. The van der Waals surface area contributed by atoms with E-state index < -0.39 is 107 Å². The summed E-state index contributed by atoms with van der Waals surface area (Å²) >= 11 is 4.44. The van der Waals surface area contributed by atoms with Gasteiger partial charge in [-0.3, -0.25) is 38.4 Å². The van der Waals surface area contributed by atoms with Crippen molar-refractivity contribution in [3.8, 4) is 41.8 Å². The Balaban J connectivity index is 0.000000171. The van der Waals surface area contributed by atoms with Gasteiger partial charge in [-0.2, -0.15) is 0 Å². The smallest absolute Gasteiger partial charge is 0.282 e. The summed E-state index contributed by atoms with van der Waals surface area (Å²) in [6.45, 7) is 44.5. The number of amides is 8. The molecule has 14 heterocycles. The monoisotopic (exact) mass is 2090 g/mol. The van der Waals surface area contributed by atoms with Crippen molar-refractivity contribution in [3.63, 3.8) is 0 Å². The number of hydrogen-bond acceptors (Lipinski definition) is 29. The average Bonchev–Trinajstić information content (AvgIpc) is 1.65. The first-order chi connectivity index (χ1) is 67.3. The van der Waals surface area contributed by atoms with Crippen LogP contribution in [0.4, 0.5) is 40.8 Å². The molecule has 7 atom stereocenters. The quantitative estimate of drug-likeness (QED) is 0.0197. The van der Waals surface area contributed by atoms with Crippen molar-refractivity contribution >= 4 is 126 Å². The van der Waals surface area contributed by atoms with Crippen LogP contribution in [0.1, 0.15) is 305 Å². The van der Waals surface area contributed by atoms with Gasteiger partial charge < -0.3 is 76.7 Å². The zero-order valence-electron chi connectivity index (χ0n) is 86.9. The summed E-state index contributed by atoms with van der Waals surface area (Å²) < 4.78 is 84.3. The second-order valence-electron chi connectivity index (χ2n) is 43.2. The zero-order chi connectivity index (χ0) is 106. The number of carbonyl (C=O) groups is 8. The van der Waals surface area contributed by atoms with Gasteiger partial charge in [-0.15, -0.1) is 45.3 Å². The lowest BCUT2D eigenvalue weighted by Gasteiger charge is -2.33. The number of aliphatic hydroxyl groups excluding tert-OH is 1. The molecule has 0 radical (unpaired) electrons. The van der Waals surface area contributed by atoms with Crippen molar-refractivity contribution in [2.75, 3.05) is 98.9 Å². The van der Waals surface area contributed by atoms with Gasteiger partial charge in [-0.05, 0) is 224 Å². The molecule has 7 aliphatic rings. The number of aryl methyl sites for hydroxylation is 4. The molecule has 0 bridgehead atoms. The van der Waals surface area contributed by atoms with E-state index in [1.165, 1.54) is 40.4 Å². The SMILES string of the molecule is CC[C@@H](C)Nc1cc(C)c(-c2sc(C(=O)N(C)C(C)C(C)(C)O)nc2C(=O)N2CCCC[C@@H]2C)cn1.CC[C@H](Nc1cc(C)c(-c2sc(C(=O)NC3COC3)nc2C(=O)N2CCCC[C@@H]2C)cn1)C1CC1.Cc1cc(NCC(C)(C)C)ncc1-c1sc(C(=O)NC(C)(C)CO)nc1C(=O)N1CC(F)(F)C[C@@H]1C.Cc1cc(NCC(C)(C)C)ncc1-c1sc(C(=O)NC2CS(=O)(=O)C2)nc1C(=O)N1CC(F)(F)C[C@@H]1C. The number of aromatic nitrogens is 8. The van der Waals surface area contributed by atoms with E-state index >= 15 is 0 Å². The van der Waals surface area contributed by atoms with Crippen LogP contribution >= 0.6 is 45.3 Å². The van der Waals surface area contributed by atoms with Crippen LogP contribution < -0.4 is 37.2 Å².